The third kappa shape index (κ3) is 3.26. The third-order valence-electron chi connectivity index (χ3n) is 5.01. The van der Waals surface area contributed by atoms with Gasteiger partial charge in [0.2, 0.25) is 0 Å². The van der Waals surface area contributed by atoms with Crippen LogP contribution in [-0.4, -0.2) is 28.0 Å². The molecule has 1 saturated heterocycles. The number of H-pyrrole nitrogens is 1. The van der Waals surface area contributed by atoms with Crippen LogP contribution in [-0.2, 0) is 6.54 Å². The molecule has 0 aliphatic carbocycles. The first-order chi connectivity index (χ1) is 11.9. The van der Waals surface area contributed by atoms with E-state index in [0.29, 0.717) is 5.92 Å². The summed E-state index contributed by atoms with van der Waals surface area (Å²) in [5.41, 5.74) is 4.98. The number of nitrogens with one attached hydrogen (secondary N) is 1. The van der Waals surface area contributed by atoms with E-state index >= 15 is 0 Å². The van der Waals surface area contributed by atoms with Crippen molar-refractivity contribution in [2.75, 3.05) is 13.1 Å². The lowest BCUT2D eigenvalue weighted by Crippen LogP contribution is -2.32. The van der Waals surface area contributed by atoms with Crippen molar-refractivity contribution in [1.29, 1.82) is 0 Å². The Morgan fingerprint density at radius 1 is 0.917 bits per heavy atom. The van der Waals surface area contributed by atoms with Gasteiger partial charge >= 0.3 is 0 Å². The Morgan fingerprint density at radius 3 is 2.29 bits per heavy atom. The van der Waals surface area contributed by atoms with E-state index in [-0.39, 0.29) is 0 Å². The van der Waals surface area contributed by atoms with E-state index in [1.54, 1.807) is 0 Å². The molecule has 1 aliphatic heterocycles. The molecule has 4 rings (SSSR count). The van der Waals surface area contributed by atoms with Crippen molar-refractivity contribution >= 4 is 0 Å². The predicted octanol–water partition coefficient (Wildman–Crippen LogP) is 4.46. The minimum atomic E-state index is 0.706. The summed E-state index contributed by atoms with van der Waals surface area (Å²) in [5.74, 6) is 0.706. The van der Waals surface area contributed by atoms with Gasteiger partial charge in [0.05, 0.1) is 17.7 Å². The molecule has 0 bridgehead atoms. The highest BCUT2D eigenvalue weighted by Crippen LogP contribution is 2.29. The molecule has 1 fully saturated rings. The first-order valence-electron chi connectivity index (χ1n) is 8.75. The number of rotatable bonds is 4. The Labute approximate surface area is 143 Å². The summed E-state index contributed by atoms with van der Waals surface area (Å²) in [4.78, 5) is 10.4. The number of nitrogens with zero attached hydrogens (tertiary/aromatic N) is 2. The smallest absolute Gasteiger partial charge is 0.0929 e. The highest BCUT2D eigenvalue weighted by molar-refractivity contribution is 5.61. The van der Waals surface area contributed by atoms with Crippen LogP contribution >= 0.6 is 0 Å². The first-order valence-corrected chi connectivity index (χ1v) is 8.75. The van der Waals surface area contributed by atoms with Gasteiger partial charge in [0.1, 0.15) is 0 Å². The van der Waals surface area contributed by atoms with Gasteiger partial charge in [-0.15, -0.1) is 0 Å². The SMILES string of the molecule is c1ccc(-c2nc[nH]c2CN2CCC(c3ccccc3)CC2)cc1. The van der Waals surface area contributed by atoms with Crippen LogP contribution in [0.25, 0.3) is 11.3 Å². The van der Waals surface area contributed by atoms with Gasteiger partial charge in [0, 0.05) is 12.1 Å². The number of benzene rings is 2. The van der Waals surface area contributed by atoms with Crippen molar-refractivity contribution in [2.45, 2.75) is 25.3 Å². The zero-order valence-corrected chi connectivity index (χ0v) is 13.9. The van der Waals surface area contributed by atoms with E-state index < -0.39 is 0 Å². The van der Waals surface area contributed by atoms with Crippen molar-refractivity contribution in [3.63, 3.8) is 0 Å². The zero-order chi connectivity index (χ0) is 16.2. The molecule has 0 atom stereocenters. The van der Waals surface area contributed by atoms with Crippen LogP contribution in [0.4, 0.5) is 0 Å². The summed E-state index contributed by atoms with van der Waals surface area (Å²) in [5, 5.41) is 0. The summed E-state index contributed by atoms with van der Waals surface area (Å²) in [6, 6.07) is 21.4. The number of likely N-dealkylation sites (tertiary alicyclic amines) is 1. The lowest BCUT2D eigenvalue weighted by atomic mass is 9.89. The molecule has 0 saturated carbocycles. The lowest BCUT2D eigenvalue weighted by Gasteiger charge is -2.32. The number of hydrogen-bond donors (Lipinski definition) is 1. The molecule has 1 N–H and O–H groups in total. The fourth-order valence-electron chi connectivity index (χ4n) is 3.66. The van der Waals surface area contributed by atoms with E-state index in [9.17, 15) is 0 Å². The van der Waals surface area contributed by atoms with Gasteiger partial charge in [-0.2, -0.15) is 0 Å². The monoisotopic (exact) mass is 317 g/mol. The van der Waals surface area contributed by atoms with E-state index in [1.807, 2.05) is 12.4 Å². The number of aromatic nitrogens is 2. The largest absolute Gasteiger partial charge is 0.347 e. The van der Waals surface area contributed by atoms with Crippen molar-refractivity contribution < 1.29 is 0 Å². The van der Waals surface area contributed by atoms with Crippen LogP contribution in [0.3, 0.4) is 0 Å². The summed E-state index contributed by atoms with van der Waals surface area (Å²) in [6.45, 7) is 3.24. The molecule has 0 unspecified atom stereocenters. The number of imidazole rings is 1. The number of hydrogen-bond acceptors (Lipinski definition) is 2. The topological polar surface area (TPSA) is 31.9 Å². The van der Waals surface area contributed by atoms with E-state index in [0.717, 1.165) is 25.3 Å². The third-order valence-corrected chi connectivity index (χ3v) is 5.01. The molecule has 2 heterocycles. The molecule has 0 radical (unpaired) electrons. The minimum absolute atomic E-state index is 0.706. The second-order valence-electron chi connectivity index (χ2n) is 6.56. The zero-order valence-electron chi connectivity index (χ0n) is 13.9. The standard InChI is InChI=1S/C21H23N3/c1-3-7-17(8-4-1)18-11-13-24(14-12-18)15-20-21(23-16-22-20)19-9-5-2-6-10-19/h1-10,16,18H,11-15H2,(H,22,23). The van der Waals surface area contributed by atoms with Gasteiger partial charge in [-0.05, 0) is 37.4 Å². The van der Waals surface area contributed by atoms with Crippen LogP contribution in [0, 0.1) is 0 Å². The van der Waals surface area contributed by atoms with E-state index in [2.05, 4.69) is 69.5 Å². The maximum absolute atomic E-state index is 4.53. The fourth-order valence-corrected chi connectivity index (χ4v) is 3.66. The van der Waals surface area contributed by atoms with Gasteiger partial charge in [-0.1, -0.05) is 60.7 Å². The minimum Gasteiger partial charge on any atom is -0.347 e. The molecular formula is C21H23N3. The number of aromatic amines is 1. The second kappa shape index (κ2) is 7.02. The molecule has 1 aromatic heterocycles. The molecule has 0 amide bonds. The van der Waals surface area contributed by atoms with Crippen molar-refractivity contribution in [1.82, 2.24) is 14.9 Å². The summed E-state index contributed by atoms with van der Waals surface area (Å²) >= 11 is 0. The Hall–Kier alpha value is -2.39. The van der Waals surface area contributed by atoms with Gasteiger partial charge in [-0.3, -0.25) is 4.90 Å². The molecule has 3 nitrogen and oxygen atoms in total. The summed E-state index contributed by atoms with van der Waals surface area (Å²) in [6.07, 6.45) is 4.28. The van der Waals surface area contributed by atoms with Crippen LogP contribution in [0.1, 0.15) is 30.0 Å². The van der Waals surface area contributed by atoms with Gasteiger partial charge in [0.15, 0.2) is 0 Å². The Morgan fingerprint density at radius 2 is 1.58 bits per heavy atom. The lowest BCUT2D eigenvalue weighted by molar-refractivity contribution is 0.203. The number of piperidine rings is 1. The van der Waals surface area contributed by atoms with Crippen LogP contribution in [0.15, 0.2) is 67.0 Å². The van der Waals surface area contributed by atoms with Crippen LogP contribution in [0.2, 0.25) is 0 Å². The fraction of sp³-hybridized carbons (Fsp3) is 0.286. The van der Waals surface area contributed by atoms with Crippen molar-refractivity contribution in [2.24, 2.45) is 0 Å². The van der Waals surface area contributed by atoms with E-state index in [1.165, 1.54) is 29.7 Å². The second-order valence-corrected chi connectivity index (χ2v) is 6.56. The normalized spacial score (nSPS) is 16.3. The molecule has 1 aliphatic rings. The highest BCUT2D eigenvalue weighted by Gasteiger charge is 2.21. The van der Waals surface area contributed by atoms with Crippen molar-refractivity contribution in [3.05, 3.63) is 78.2 Å². The molecule has 3 aromatic rings. The van der Waals surface area contributed by atoms with Crippen molar-refractivity contribution in [3.8, 4) is 11.3 Å². The maximum Gasteiger partial charge on any atom is 0.0929 e. The van der Waals surface area contributed by atoms with Gasteiger partial charge in [0.25, 0.3) is 0 Å². The quantitative estimate of drug-likeness (QED) is 0.770. The highest BCUT2D eigenvalue weighted by atomic mass is 15.1. The van der Waals surface area contributed by atoms with E-state index in [4.69, 9.17) is 0 Å². The molecular weight excluding hydrogens is 294 g/mol. The molecule has 3 heteroatoms. The summed E-state index contributed by atoms with van der Waals surface area (Å²) < 4.78 is 0. The molecule has 122 valence electrons. The Bertz CT molecular complexity index is 756. The predicted molar refractivity (Wildman–Crippen MR) is 97.7 cm³/mol. The molecule has 0 spiro atoms. The average Bonchev–Trinajstić information content (AvgIpc) is 3.12. The Balaban J connectivity index is 1.41. The average molecular weight is 317 g/mol. The first kappa shape index (κ1) is 15.2. The van der Waals surface area contributed by atoms with Gasteiger partial charge in [-0.25, -0.2) is 4.98 Å². The molecule has 2 aromatic carbocycles. The van der Waals surface area contributed by atoms with Crippen LogP contribution < -0.4 is 0 Å². The van der Waals surface area contributed by atoms with Gasteiger partial charge < -0.3 is 4.98 Å². The Kier molecular flexibility index (Phi) is 4.43. The molecule has 24 heavy (non-hydrogen) atoms. The van der Waals surface area contributed by atoms with Crippen LogP contribution in [0.5, 0.6) is 0 Å². The maximum atomic E-state index is 4.53. The summed E-state index contributed by atoms with van der Waals surface area (Å²) in [7, 11) is 0.